The van der Waals surface area contributed by atoms with Crippen molar-refractivity contribution in [1.82, 2.24) is 9.97 Å². The van der Waals surface area contributed by atoms with Crippen LogP contribution in [0.25, 0.3) is 33.5 Å². The quantitative estimate of drug-likeness (QED) is 0.506. The van der Waals surface area contributed by atoms with E-state index >= 15 is 0 Å². The molecule has 0 atom stereocenters. The van der Waals surface area contributed by atoms with Crippen LogP contribution in [-0.2, 0) is 6.18 Å². The minimum absolute atomic E-state index is 0.00158. The summed E-state index contributed by atoms with van der Waals surface area (Å²) < 4.78 is 41.1. The standard InChI is InChI=1S/C21H14F3N3/c22-21(23,24)15-11-17(13-7-3-1-4-8-13)26-20-19(15)16(25)12-18(27-20)14-9-5-2-6-10-14/h1-12H,(H2,25,26,27). The first kappa shape index (κ1) is 17.0. The van der Waals surface area contributed by atoms with E-state index in [1.165, 1.54) is 6.07 Å². The second-order valence-electron chi connectivity index (χ2n) is 6.08. The van der Waals surface area contributed by atoms with Gasteiger partial charge in [0.25, 0.3) is 0 Å². The zero-order chi connectivity index (χ0) is 19.0. The lowest BCUT2D eigenvalue weighted by atomic mass is 10.0. The number of nitrogens with zero attached hydrogens (tertiary/aromatic N) is 2. The molecular weight excluding hydrogens is 351 g/mol. The van der Waals surface area contributed by atoms with Gasteiger partial charge in [0, 0.05) is 16.8 Å². The molecule has 0 saturated heterocycles. The van der Waals surface area contributed by atoms with Crippen LogP contribution in [0, 0.1) is 0 Å². The molecule has 2 heterocycles. The highest BCUT2D eigenvalue weighted by Crippen LogP contribution is 2.39. The van der Waals surface area contributed by atoms with Crippen molar-refractivity contribution in [3.05, 3.63) is 78.4 Å². The Kier molecular flexibility index (Phi) is 4.03. The summed E-state index contributed by atoms with van der Waals surface area (Å²) >= 11 is 0. The highest BCUT2D eigenvalue weighted by Gasteiger charge is 2.35. The van der Waals surface area contributed by atoms with Crippen molar-refractivity contribution < 1.29 is 13.2 Å². The molecule has 0 amide bonds. The van der Waals surface area contributed by atoms with Crippen LogP contribution in [-0.4, -0.2) is 9.97 Å². The van der Waals surface area contributed by atoms with Gasteiger partial charge in [-0.2, -0.15) is 13.2 Å². The summed E-state index contributed by atoms with van der Waals surface area (Å²) in [5, 5.41) is -0.179. The van der Waals surface area contributed by atoms with E-state index in [0.29, 0.717) is 11.3 Å². The lowest BCUT2D eigenvalue weighted by molar-refractivity contribution is -0.136. The van der Waals surface area contributed by atoms with Gasteiger partial charge in [0.2, 0.25) is 0 Å². The average molecular weight is 365 g/mol. The molecule has 27 heavy (non-hydrogen) atoms. The Morgan fingerprint density at radius 3 is 1.67 bits per heavy atom. The maximum Gasteiger partial charge on any atom is 0.417 e. The molecule has 0 radical (unpaired) electrons. The molecular formula is C21H14F3N3. The Morgan fingerprint density at radius 1 is 0.704 bits per heavy atom. The fourth-order valence-corrected chi connectivity index (χ4v) is 3.00. The van der Waals surface area contributed by atoms with E-state index in [4.69, 9.17) is 5.73 Å². The molecule has 134 valence electrons. The molecule has 0 unspecified atom stereocenters. The third kappa shape index (κ3) is 3.21. The molecule has 2 aromatic carbocycles. The number of aromatic nitrogens is 2. The molecule has 2 N–H and O–H groups in total. The number of anilines is 1. The Morgan fingerprint density at radius 2 is 1.19 bits per heavy atom. The van der Waals surface area contributed by atoms with Gasteiger partial charge in [-0.15, -0.1) is 0 Å². The fraction of sp³-hybridized carbons (Fsp3) is 0.0476. The first-order valence-corrected chi connectivity index (χ1v) is 8.23. The number of hydrogen-bond donors (Lipinski definition) is 1. The monoisotopic (exact) mass is 365 g/mol. The van der Waals surface area contributed by atoms with E-state index < -0.39 is 11.7 Å². The highest BCUT2D eigenvalue weighted by atomic mass is 19.4. The SMILES string of the molecule is Nc1cc(-c2ccccc2)nc2nc(-c3ccccc3)cc(C(F)(F)F)c12. The van der Waals surface area contributed by atoms with Crippen LogP contribution in [0.3, 0.4) is 0 Å². The Hall–Kier alpha value is -3.41. The first-order chi connectivity index (χ1) is 12.9. The van der Waals surface area contributed by atoms with Gasteiger partial charge in [-0.1, -0.05) is 60.7 Å². The summed E-state index contributed by atoms with van der Waals surface area (Å²) in [6, 6.07) is 20.3. The van der Waals surface area contributed by atoms with Gasteiger partial charge in [0.15, 0.2) is 5.65 Å². The van der Waals surface area contributed by atoms with Gasteiger partial charge in [-0.3, -0.25) is 0 Å². The van der Waals surface area contributed by atoms with E-state index in [1.807, 2.05) is 30.3 Å². The van der Waals surface area contributed by atoms with E-state index in [0.717, 1.165) is 11.6 Å². The molecule has 0 saturated carbocycles. The number of nitrogens with two attached hydrogens (primary N) is 1. The van der Waals surface area contributed by atoms with Crippen molar-refractivity contribution in [3.63, 3.8) is 0 Å². The number of alkyl halides is 3. The molecule has 2 aromatic heterocycles. The van der Waals surface area contributed by atoms with Crippen molar-refractivity contribution in [2.45, 2.75) is 6.18 Å². The zero-order valence-electron chi connectivity index (χ0n) is 14.0. The summed E-state index contributed by atoms with van der Waals surface area (Å²) in [4.78, 5) is 8.75. The second-order valence-corrected chi connectivity index (χ2v) is 6.08. The molecule has 0 aliphatic rings. The van der Waals surface area contributed by atoms with Gasteiger partial charge in [-0.05, 0) is 12.1 Å². The summed E-state index contributed by atoms with van der Waals surface area (Å²) in [6.07, 6.45) is -4.57. The fourth-order valence-electron chi connectivity index (χ4n) is 3.00. The molecule has 0 aliphatic heterocycles. The molecule has 4 rings (SSSR count). The van der Waals surface area contributed by atoms with Crippen molar-refractivity contribution >= 4 is 16.7 Å². The number of fused-ring (bicyclic) bond motifs is 1. The van der Waals surface area contributed by atoms with Crippen LogP contribution < -0.4 is 5.73 Å². The largest absolute Gasteiger partial charge is 0.417 e. The number of benzene rings is 2. The van der Waals surface area contributed by atoms with Crippen molar-refractivity contribution in [3.8, 4) is 22.5 Å². The summed E-state index contributed by atoms with van der Waals surface area (Å²) in [5.74, 6) is 0. The number of halogens is 3. The van der Waals surface area contributed by atoms with Crippen molar-refractivity contribution in [2.75, 3.05) is 5.73 Å². The lowest BCUT2D eigenvalue weighted by Gasteiger charge is -2.15. The Bertz CT molecular complexity index is 1100. The topological polar surface area (TPSA) is 51.8 Å². The minimum Gasteiger partial charge on any atom is -0.398 e. The van der Waals surface area contributed by atoms with Crippen LogP contribution in [0.5, 0.6) is 0 Å². The number of hydrogen-bond acceptors (Lipinski definition) is 3. The molecule has 0 bridgehead atoms. The maximum atomic E-state index is 13.7. The highest BCUT2D eigenvalue weighted by molar-refractivity contribution is 5.95. The summed E-state index contributed by atoms with van der Waals surface area (Å²) in [6.45, 7) is 0. The van der Waals surface area contributed by atoms with Crippen LogP contribution in [0.2, 0.25) is 0 Å². The zero-order valence-corrected chi connectivity index (χ0v) is 14.0. The van der Waals surface area contributed by atoms with Gasteiger partial charge < -0.3 is 5.73 Å². The average Bonchev–Trinajstić information content (AvgIpc) is 2.67. The molecule has 0 aliphatic carbocycles. The second kappa shape index (κ2) is 6.39. The molecule has 6 heteroatoms. The molecule has 0 spiro atoms. The molecule has 0 fully saturated rings. The summed E-state index contributed by atoms with van der Waals surface area (Å²) in [5.41, 5.74) is 7.15. The summed E-state index contributed by atoms with van der Waals surface area (Å²) in [7, 11) is 0. The van der Waals surface area contributed by atoms with Gasteiger partial charge in [0.1, 0.15) is 0 Å². The Balaban J connectivity index is 2.03. The third-order valence-electron chi connectivity index (χ3n) is 4.25. The third-order valence-corrected chi connectivity index (χ3v) is 4.25. The Labute approximate surface area is 153 Å². The predicted octanol–water partition coefficient (Wildman–Crippen LogP) is 5.56. The van der Waals surface area contributed by atoms with Crippen LogP contribution >= 0.6 is 0 Å². The first-order valence-electron chi connectivity index (χ1n) is 8.23. The van der Waals surface area contributed by atoms with E-state index in [1.54, 1.807) is 30.3 Å². The van der Waals surface area contributed by atoms with E-state index in [2.05, 4.69) is 9.97 Å². The minimum atomic E-state index is -4.57. The van der Waals surface area contributed by atoms with Gasteiger partial charge in [0.05, 0.1) is 22.3 Å². The normalized spacial score (nSPS) is 11.7. The van der Waals surface area contributed by atoms with Crippen LogP contribution in [0.1, 0.15) is 5.56 Å². The number of pyridine rings is 2. The van der Waals surface area contributed by atoms with Crippen LogP contribution in [0.4, 0.5) is 18.9 Å². The lowest BCUT2D eigenvalue weighted by Crippen LogP contribution is -2.09. The van der Waals surface area contributed by atoms with Crippen LogP contribution in [0.15, 0.2) is 72.8 Å². The smallest absolute Gasteiger partial charge is 0.398 e. The molecule has 4 aromatic rings. The van der Waals surface area contributed by atoms with Gasteiger partial charge >= 0.3 is 6.18 Å². The van der Waals surface area contributed by atoms with Crippen molar-refractivity contribution in [1.29, 1.82) is 0 Å². The number of nitrogen functional groups attached to an aromatic ring is 1. The van der Waals surface area contributed by atoms with Gasteiger partial charge in [-0.25, -0.2) is 9.97 Å². The molecule has 3 nitrogen and oxygen atoms in total. The number of rotatable bonds is 2. The van der Waals surface area contributed by atoms with E-state index in [-0.39, 0.29) is 22.4 Å². The van der Waals surface area contributed by atoms with E-state index in [9.17, 15) is 13.2 Å². The van der Waals surface area contributed by atoms with Crippen molar-refractivity contribution in [2.24, 2.45) is 0 Å². The maximum absolute atomic E-state index is 13.7. The predicted molar refractivity (Wildman–Crippen MR) is 99.8 cm³/mol.